The van der Waals surface area contributed by atoms with E-state index in [1.165, 1.54) is 6.92 Å². The Kier molecular flexibility index (Phi) is 3.18. The predicted octanol–water partition coefficient (Wildman–Crippen LogP) is 1.54. The van der Waals surface area contributed by atoms with Crippen LogP contribution in [0.25, 0.3) is 0 Å². The first-order valence-electron chi connectivity index (χ1n) is 4.17. The van der Waals surface area contributed by atoms with E-state index in [9.17, 15) is 13.6 Å². The largest absolute Gasteiger partial charge is 0.481 e. The topological polar surface area (TPSA) is 76.2 Å². The lowest BCUT2D eigenvalue weighted by molar-refractivity contribution is -0.136. The zero-order chi connectivity index (χ0) is 11.6. The van der Waals surface area contributed by atoms with Crippen molar-refractivity contribution in [3.8, 4) is 0 Å². The number of carbonyl (C=O) groups is 1. The minimum Gasteiger partial charge on any atom is -0.481 e. The first-order chi connectivity index (χ1) is 6.91. The molecule has 0 radical (unpaired) electrons. The van der Waals surface area contributed by atoms with Crippen LogP contribution in [0.15, 0.2) is 6.07 Å². The maximum Gasteiger partial charge on any atom is 0.309 e. The number of hydrogen-bond acceptors (Lipinski definition) is 3. The second kappa shape index (κ2) is 4.20. The van der Waals surface area contributed by atoms with Crippen molar-refractivity contribution < 1.29 is 18.7 Å². The van der Waals surface area contributed by atoms with E-state index >= 15 is 0 Å². The van der Waals surface area contributed by atoms with Crippen LogP contribution in [0.4, 0.5) is 14.5 Å². The first-order valence-corrected chi connectivity index (χ1v) is 4.17. The summed E-state index contributed by atoms with van der Waals surface area (Å²) in [5, 5.41) is 8.53. The number of carboxylic acid groups (broad SMARTS) is 1. The molecule has 1 rings (SSSR count). The monoisotopic (exact) mass is 216 g/mol. The molecule has 6 heteroatoms. The van der Waals surface area contributed by atoms with Crippen molar-refractivity contribution in [2.75, 3.05) is 5.73 Å². The summed E-state index contributed by atoms with van der Waals surface area (Å²) >= 11 is 0. The minimum absolute atomic E-state index is 0.0159. The van der Waals surface area contributed by atoms with Gasteiger partial charge in [0.05, 0.1) is 17.8 Å². The SMILES string of the molecule is Cc1cc(C(F)F)nc(CC(=O)O)c1N. The fourth-order valence-electron chi connectivity index (χ4n) is 1.17. The van der Waals surface area contributed by atoms with Gasteiger partial charge in [0.15, 0.2) is 0 Å². The Morgan fingerprint density at radius 3 is 2.73 bits per heavy atom. The average Bonchev–Trinajstić information content (AvgIpc) is 2.11. The number of aliphatic carboxylic acids is 1. The molecule has 0 aliphatic carbocycles. The first kappa shape index (κ1) is 11.4. The van der Waals surface area contributed by atoms with E-state index in [2.05, 4.69) is 4.98 Å². The molecule has 1 aromatic rings. The second-order valence-corrected chi connectivity index (χ2v) is 3.10. The maximum atomic E-state index is 12.3. The molecule has 0 aliphatic heterocycles. The highest BCUT2D eigenvalue weighted by molar-refractivity contribution is 5.72. The van der Waals surface area contributed by atoms with Gasteiger partial charge in [0.1, 0.15) is 5.69 Å². The number of nitrogens with zero attached hydrogens (tertiary/aromatic N) is 1. The van der Waals surface area contributed by atoms with Crippen LogP contribution in [0.2, 0.25) is 0 Å². The normalized spacial score (nSPS) is 10.7. The lowest BCUT2D eigenvalue weighted by atomic mass is 10.1. The number of carboxylic acids is 1. The molecule has 0 unspecified atom stereocenters. The van der Waals surface area contributed by atoms with Gasteiger partial charge in [-0.1, -0.05) is 0 Å². The molecule has 0 saturated heterocycles. The number of nitrogen functional groups attached to an aromatic ring is 1. The van der Waals surface area contributed by atoms with E-state index in [0.29, 0.717) is 5.56 Å². The number of halogens is 2. The molecular formula is C9H10F2N2O2. The molecule has 3 N–H and O–H groups in total. The molecule has 0 saturated carbocycles. The number of rotatable bonds is 3. The molecule has 4 nitrogen and oxygen atoms in total. The van der Waals surface area contributed by atoms with Gasteiger partial charge in [0.25, 0.3) is 6.43 Å². The molecule has 1 heterocycles. The van der Waals surface area contributed by atoms with E-state index < -0.39 is 24.5 Å². The number of alkyl halides is 2. The Labute approximate surface area is 84.7 Å². The molecule has 0 bridgehead atoms. The summed E-state index contributed by atoms with van der Waals surface area (Å²) in [7, 11) is 0. The van der Waals surface area contributed by atoms with Crippen LogP contribution in [0.3, 0.4) is 0 Å². The Morgan fingerprint density at radius 2 is 2.27 bits per heavy atom. The van der Waals surface area contributed by atoms with Gasteiger partial charge in [-0.3, -0.25) is 4.79 Å². The van der Waals surface area contributed by atoms with Gasteiger partial charge in [-0.25, -0.2) is 13.8 Å². The maximum absolute atomic E-state index is 12.3. The van der Waals surface area contributed by atoms with Crippen LogP contribution in [-0.2, 0) is 11.2 Å². The van der Waals surface area contributed by atoms with E-state index in [-0.39, 0.29) is 11.4 Å². The van der Waals surface area contributed by atoms with Crippen LogP contribution in [0.5, 0.6) is 0 Å². The lowest BCUT2D eigenvalue weighted by Crippen LogP contribution is -2.09. The van der Waals surface area contributed by atoms with Gasteiger partial charge in [-0.05, 0) is 18.6 Å². The van der Waals surface area contributed by atoms with Crippen LogP contribution >= 0.6 is 0 Å². The molecule has 15 heavy (non-hydrogen) atoms. The number of aryl methyl sites for hydroxylation is 1. The summed E-state index contributed by atoms with van der Waals surface area (Å²) in [5.41, 5.74) is 5.63. The van der Waals surface area contributed by atoms with Gasteiger partial charge in [-0.15, -0.1) is 0 Å². The summed E-state index contributed by atoms with van der Waals surface area (Å²) in [4.78, 5) is 13.9. The molecule has 0 aromatic carbocycles. The van der Waals surface area contributed by atoms with Crippen LogP contribution in [0.1, 0.15) is 23.4 Å². The number of hydrogen-bond donors (Lipinski definition) is 2. The molecule has 1 aromatic heterocycles. The van der Waals surface area contributed by atoms with Gasteiger partial charge in [-0.2, -0.15) is 0 Å². The summed E-state index contributed by atoms with van der Waals surface area (Å²) in [6.07, 6.45) is -3.18. The smallest absolute Gasteiger partial charge is 0.309 e. The molecule has 82 valence electrons. The van der Waals surface area contributed by atoms with Crippen molar-refractivity contribution in [1.29, 1.82) is 0 Å². The highest BCUT2D eigenvalue weighted by Gasteiger charge is 2.15. The summed E-state index contributed by atoms with van der Waals surface area (Å²) in [5.74, 6) is -1.15. The van der Waals surface area contributed by atoms with Crippen molar-refractivity contribution >= 4 is 11.7 Å². The molecule has 0 spiro atoms. The number of pyridine rings is 1. The Hall–Kier alpha value is -1.72. The summed E-state index contributed by atoms with van der Waals surface area (Å²) in [6.45, 7) is 1.54. The number of aromatic nitrogens is 1. The van der Waals surface area contributed by atoms with Crippen LogP contribution < -0.4 is 5.73 Å². The highest BCUT2D eigenvalue weighted by atomic mass is 19.3. The summed E-state index contributed by atoms with van der Waals surface area (Å²) in [6, 6.07) is 1.16. The zero-order valence-electron chi connectivity index (χ0n) is 8.00. The van der Waals surface area contributed by atoms with Gasteiger partial charge in [0.2, 0.25) is 0 Å². The van der Waals surface area contributed by atoms with Gasteiger partial charge < -0.3 is 10.8 Å². The third-order valence-corrected chi connectivity index (χ3v) is 1.91. The van der Waals surface area contributed by atoms with Crippen LogP contribution in [-0.4, -0.2) is 16.1 Å². The second-order valence-electron chi connectivity index (χ2n) is 3.10. The fraction of sp³-hybridized carbons (Fsp3) is 0.333. The average molecular weight is 216 g/mol. The minimum atomic E-state index is -2.73. The van der Waals surface area contributed by atoms with E-state index in [1.807, 2.05) is 0 Å². The van der Waals surface area contributed by atoms with Crippen molar-refractivity contribution in [3.63, 3.8) is 0 Å². The number of anilines is 1. The Bertz CT molecular complexity index is 394. The van der Waals surface area contributed by atoms with E-state index in [0.717, 1.165) is 6.07 Å². The third-order valence-electron chi connectivity index (χ3n) is 1.91. The standard InChI is InChI=1S/C9H10F2N2O2/c1-4-2-6(9(10)11)13-5(8(4)12)3-7(14)15/h2,9H,3,12H2,1H3,(H,14,15). The molecular weight excluding hydrogens is 206 g/mol. The Morgan fingerprint density at radius 1 is 1.67 bits per heavy atom. The number of nitrogens with two attached hydrogens (primary N) is 1. The quantitative estimate of drug-likeness (QED) is 0.803. The van der Waals surface area contributed by atoms with Gasteiger partial charge in [0, 0.05) is 0 Å². The predicted molar refractivity (Wildman–Crippen MR) is 49.7 cm³/mol. The van der Waals surface area contributed by atoms with E-state index in [1.54, 1.807) is 0 Å². The van der Waals surface area contributed by atoms with Crippen molar-refractivity contribution in [3.05, 3.63) is 23.0 Å². The lowest BCUT2D eigenvalue weighted by Gasteiger charge is -2.08. The van der Waals surface area contributed by atoms with Crippen molar-refractivity contribution in [1.82, 2.24) is 4.98 Å². The van der Waals surface area contributed by atoms with Crippen LogP contribution in [0, 0.1) is 6.92 Å². The molecule has 0 amide bonds. The van der Waals surface area contributed by atoms with Crippen molar-refractivity contribution in [2.24, 2.45) is 0 Å². The molecule has 0 atom stereocenters. The molecule has 0 aliphatic rings. The third kappa shape index (κ3) is 2.61. The fourth-order valence-corrected chi connectivity index (χ4v) is 1.17. The van der Waals surface area contributed by atoms with E-state index in [4.69, 9.17) is 10.8 Å². The van der Waals surface area contributed by atoms with Gasteiger partial charge >= 0.3 is 5.97 Å². The summed E-state index contributed by atoms with van der Waals surface area (Å²) < 4.78 is 24.7. The Balaban J connectivity index is 3.18. The van der Waals surface area contributed by atoms with Crippen molar-refractivity contribution in [2.45, 2.75) is 19.8 Å². The molecule has 0 fully saturated rings. The highest BCUT2D eigenvalue weighted by Crippen LogP contribution is 2.23. The zero-order valence-corrected chi connectivity index (χ0v) is 8.00.